The highest BCUT2D eigenvalue weighted by molar-refractivity contribution is 7.12. The highest BCUT2D eigenvalue weighted by atomic mass is 32.1. The zero-order chi connectivity index (χ0) is 18.2. The number of hydrogen-bond donors (Lipinski definition) is 1. The second-order valence-corrected chi connectivity index (χ2v) is 7.82. The lowest BCUT2D eigenvalue weighted by Gasteiger charge is -2.25. The molecule has 0 spiro atoms. The lowest BCUT2D eigenvalue weighted by atomic mass is 10.0. The molecule has 2 aliphatic heterocycles. The van der Waals surface area contributed by atoms with Gasteiger partial charge in [-0.05, 0) is 42.6 Å². The van der Waals surface area contributed by atoms with Crippen LogP contribution in [0.3, 0.4) is 0 Å². The smallest absolute Gasteiger partial charge is 0.322 e. The van der Waals surface area contributed by atoms with Crippen molar-refractivity contribution >= 4 is 11.3 Å². The fraction of sp³-hybridized carbons (Fsp3) is 0.300. The number of rotatable bonds is 4. The first-order valence-corrected chi connectivity index (χ1v) is 9.86. The van der Waals surface area contributed by atoms with Crippen molar-refractivity contribution in [2.45, 2.75) is 25.4 Å². The Morgan fingerprint density at radius 2 is 2.00 bits per heavy atom. The molecule has 1 atom stereocenters. The van der Waals surface area contributed by atoms with Gasteiger partial charge in [0.2, 0.25) is 6.79 Å². The van der Waals surface area contributed by atoms with E-state index >= 15 is 0 Å². The van der Waals surface area contributed by atoms with Crippen molar-refractivity contribution in [3.05, 3.63) is 63.3 Å². The van der Waals surface area contributed by atoms with E-state index in [-0.39, 0.29) is 4.87 Å². The van der Waals surface area contributed by atoms with E-state index in [1.807, 2.05) is 18.2 Å². The van der Waals surface area contributed by atoms with Crippen LogP contribution < -0.4 is 14.3 Å². The molecule has 2 aliphatic rings. The Morgan fingerprint density at radius 1 is 1.15 bits per heavy atom. The second kappa shape index (κ2) is 6.83. The first-order valence-electron chi connectivity index (χ1n) is 9.05. The molecule has 7 heteroatoms. The van der Waals surface area contributed by atoms with Gasteiger partial charge in [-0.3, -0.25) is 9.69 Å². The average Bonchev–Trinajstić information content (AvgIpc) is 3.42. The van der Waals surface area contributed by atoms with E-state index in [9.17, 15) is 4.79 Å². The van der Waals surface area contributed by atoms with Gasteiger partial charge in [0.1, 0.15) is 5.01 Å². The standard InChI is InChI=1S/C20H19N3O3S/c24-20-22-21-19(27-20)14-5-3-13(4-6-14)11-23-9-1-2-16(23)15-7-8-17-18(10-15)26-12-25-17/h3-8,10,16H,1-2,9,11-12H2,(H,22,24). The lowest BCUT2D eigenvalue weighted by Crippen LogP contribution is -2.22. The zero-order valence-electron chi connectivity index (χ0n) is 14.7. The minimum absolute atomic E-state index is 0.127. The molecule has 3 heterocycles. The van der Waals surface area contributed by atoms with Gasteiger partial charge in [0.25, 0.3) is 0 Å². The van der Waals surface area contributed by atoms with E-state index in [2.05, 4.69) is 39.4 Å². The summed E-state index contributed by atoms with van der Waals surface area (Å²) in [5.74, 6) is 1.68. The van der Waals surface area contributed by atoms with Gasteiger partial charge in [-0.15, -0.1) is 0 Å². The van der Waals surface area contributed by atoms with Gasteiger partial charge >= 0.3 is 4.87 Å². The predicted octanol–water partition coefficient (Wildman–Crippen LogP) is 3.56. The van der Waals surface area contributed by atoms with Crippen molar-refractivity contribution in [2.24, 2.45) is 0 Å². The molecule has 2 aromatic carbocycles. The van der Waals surface area contributed by atoms with Crippen LogP contribution in [0.5, 0.6) is 11.5 Å². The van der Waals surface area contributed by atoms with Gasteiger partial charge in [0.15, 0.2) is 11.5 Å². The molecule has 1 fully saturated rings. The number of fused-ring (bicyclic) bond motifs is 1. The fourth-order valence-electron chi connectivity index (χ4n) is 3.85. The maximum Gasteiger partial charge on any atom is 0.322 e. The first-order chi connectivity index (χ1) is 13.3. The summed E-state index contributed by atoms with van der Waals surface area (Å²) in [4.78, 5) is 13.7. The Labute approximate surface area is 160 Å². The number of hydrogen-bond acceptors (Lipinski definition) is 6. The number of ether oxygens (including phenoxy) is 2. The fourth-order valence-corrected chi connectivity index (χ4v) is 4.47. The van der Waals surface area contributed by atoms with Crippen LogP contribution in [0.4, 0.5) is 0 Å². The lowest BCUT2D eigenvalue weighted by molar-refractivity contribution is 0.174. The van der Waals surface area contributed by atoms with E-state index in [1.165, 1.54) is 17.5 Å². The Bertz CT molecular complexity index is 1010. The summed E-state index contributed by atoms with van der Waals surface area (Å²) in [5.41, 5.74) is 3.51. The largest absolute Gasteiger partial charge is 0.454 e. The molecule has 1 aromatic heterocycles. The van der Waals surface area contributed by atoms with Crippen LogP contribution in [0.2, 0.25) is 0 Å². The third kappa shape index (κ3) is 3.24. The molecule has 27 heavy (non-hydrogen) atoms. The van der Waals surface area contributed by atoms with E-state index in [0.717, 1.165) is 52.9 Å². The summed E-state index contributed by atoms with van der Waals surface area (Å²) < 4.78 is 11.0. The molecular weight excluding hydrogens is 362 g/mol. The molecule has 1 N–H and O–H groups in total. The van der Waals surface area contributed by atoms with E-state index in [4.69, 9.17) is 9.47 Å². The van der Waals surface area contributed by atoms with Crippen LogP contribution in [0.25, 0.3) is 10.6 Å². The summed E-state index contributed by atoms with van der Waals surface area (Å²) in [7, 11) is 0. The first kappa shape index (κ1) is 16.5. The van der Waals surface area contributed by atoms with Crippen LogP contribution in [-0.4, -0.2) is 28.4 Å². The van der Waals surface area contributed by atoms with E-state index in [0.29, 0.717) is 12.8 Å². The summed E-state index contributed by atoms with van der Waals surface area (Å²) in [6.45, 7) is 2.29. The van der Waals surface area contributed by atoms with Gasteiger partial charge in [-0.25, -0.2) is 5.10 Å². The molecule has 3 aromatic rings. The average molecular weight is 381 g/mol. The summed E-state index contributed by atoms with van der Waals surface area (Å²) in [6, 6.07) is 15.0. The van der Waals surface area contributed by atoms with Gasteiger partial charge in [0.05, 0.1) is 0 Å². The van der Waals surface area contributed by atoms with Crippen LogP contribution in [0.15, 0.2) is 47.3 Å². The molecule has 5 rings (SSSR count). The van der Waals surface area contributed by atoms with Gasteiger partial charge < -0.3 is 9.47 Å². The molecule has 6 nitrogen and oxygen atoms in total. The number of nitrogens with zero attached hydrogens (tertiary/aromatic N) is 2. The summed E-state index contributed by atoms with van der Waals surface area (Å²) >= 11 is 1.13. The van der Waals surface area contributed by atoms with Crippen LogP contribution in [0.1, 0.15) is 30.0 Å². The number of H-pyrrole nitrogens is 1. The third-order valence-corrected chi connectivity index (χ3v) is 5.97. The van der Waals surface area contributed by atoms with E-state index in [1.54, 1.807) is 0 Å². The molecule has 0 radical (unpaired) electrons. The molecular formula is C20H19N3O3S. The highest BCUT2D eigenvalue weighted by Gasteiger charge is 2.27. The molecule has 1 unspecified atom stereocenters. The number of aromatic nitrogens is 2. The Kier molecular flexibility index (Phi) is 4.18. The molecule has 0 aliphatic carbocycles. The predicted molar refractivity (Wildman–Crippen MR) is 103 cm³/mol. The number of benzene rings is 2. The number of nitrogens with one attached hydrogen (secondary N) is 1. The summed E-state index contributed by atoms with van der Waals surface area (Å²) in [6.07, 6.45) is 2.34. The SMILES string of the molecule is O=c1[nH]nc(-c2ccc(CN3CCCC3c3ccc4c(c3)OCO4)cc2)s1. The van der Waals surface area contributed by atoms with Crippen molar-refractivity contribution < 1.29 is 9.47 Å². The Balaban J connectivity index is 1.33. The van der Waals surface area contributed by atoms with Gasteiger partial charge in [-0.1, -0.05) is 41.7 Å². The minimum Gasteiger partial charge on any atom is -0.454 e. The number of likely N-dealkylation sites (tertiary alicyclic amines) is 1. The van der Waals surface area contributed by atoms with Crippen molar-refractivity contribution in [3.63, 3.8) is 0 Å². The summed E-state index contributed by atoms with van der Waals surface area (Å²) in [5, 5.41) is 7.24. The monoisotopic (exact) mass is 381 g/mol. The van der Waals surface area contributed by atoms with Crippen LogP contribution >= 0.6 is 11.3 Å². The maximum absolute atomic E-state index is 11.3. The normalized spacial score (nSPS) is 18.9. The van der Waals surface area contributed by atoms with Gasteiger partial charge in [0, 0.05) is 18.2 Å². The van der Waals surface area contributed by atoms with Crippen molar-refractivity contribution in [1.29, 1.82) is 0 Å². The second-order valence-electron chi connectivity index (χ2n) is 6.86. The van der Waals surface area contributed by atoms with Crippen molar-refractivity contribution in [2.75, 3.05) is 13.3 Å². The third-order valence-electron chi connectivity index (χ3n) is 5.17. The van der Waals surface area contributed by atoms with Gasteiger partial charge in [-0.2, -0.15) is 5.10 Å². The zero-order valence-corrected chi connectivity index (χ0v) is 15.5. The Hall–Kier alpha value is -2.64. The van der Waals surface area contributed by atoms with Crippen LogP contribution in [-0.2, 0) is 6.54 Å². The molecule has 1 saturated heterocycles. The minimum atomic E-state index is -0.127. The highest BCUT2D eigenvalue weighted by Crippen LogP contribution is 2.39. The van der Waals surface area contributed by atoms with E-state index < -0.39 is 0 Å². The topological polar surface area (TPSA) is 67.5 Å². The van der Waals surface area contributed by atoms with Crippen LogP contribution in [0, 0.1) is 0 Å². The molecule has 138 valence electrons. The van der Waals surface area contributed by atoms with Crippen molar-refractivity contribution in [1.82, 2.24) is 15.1 Å². The maximum atomic E-state index is 11.3. The molecule has 0 bridgehead atoms. The quantitative estimate of drug-likeness (QED) is 0.748. The van der Waals surface area contributed by atoms with Crippen molar-refractivity contribution in [3.8, 4) is 22.1 Å². The number of aromatic amines is 1. The molecule has 0 saturated carbocycles. The molecule has 0 amide bonds. The Morgan fingerprint density at radius 3 is 2.81 bits per heavy atom.